The molecule has 0 amide bonds. The zero-order valence-electron chi connectivity index (χ0n) is 10.8. The van der Waals surface area contributed by atoms with Crippen LogP contribution in [0.25, 0.3) is 0 Å². The number of aryl methyl sites for hydroxylation is 1. The third-order valence-electron chi connectivity index (χ3n) is 4.32. The van der Waals surface area contributed by atoms with E-state index in [-0.39, 0.29) is 0 Å². The van der Waals surface area contributed by atoms with Gasteiger partial charge in [0.25, 0.3) is 0 Å². The lowest BCUT2D eigenvalue weighted by Crippen LogP contribution is -2.11. The minimum absolute atomic E-state index is 0.655. The molecule has 3 nitrogen and oxygen atoms in total. The minimum atomic E-state index is 0.655. The number of nitrogens with zero attached hydrogens (tertiary/aromatic N) is 2. The van der Waals surface area contributed by atoms with Crippen molar-refractivity contribution in [2.75, 3.05) is 5.73 Å². The third kappa shape index (κ3) is 2.20. The van der Waals surface area contributed by atoms with E-state index in [1.54, 1.807) is 0 Å². The van der Waals surface area contributed by atoms with Gasteiger partial charge >= 0.3 is 0 Å². The molecule has 0 spiro atoms. The second kappa shape index (κ2) is 4.35. The van der Waals surface area contributed by atoms with Crippen molar-refractivity contribution in [2.45, 2.75) is 64.3 Å². The summed E-state index contributed by atoms with van der Waals surface area (Å²) in [6.07, 6.45) is 10.6. The van der Waals surface area contributed by atoms with Gasteiger partial charge in [0.2, 0.25) is 0 Å². The van der Waals surface area contributed by atoms with Gasteiger partial charge in [-0.15, -0.1) is 0 Å². The van der Waals surface area contributed by atoms with Crippen LogP contribution in [0, 0.1) is 12.8 Å². The molecule has 1 aromatic rings. The summed E-state index contributed by atoms with van der Waals surface area (Å²) in [5, 5.41) is 0. The van der Waals surface area contributed by atoms with Crippen LogP contribution >= 0.6 is 0 Å². The van der Waals surface area contributed by atoms with Crippen molar-refractivity contribution >= 4 is 5.82 Å². The summed E-state index contributed by atoms with van der Waals surface area (Å²) in [6.45, 7) is 2.10. The third-order valence-corrected chi connectivity index (χ3v) is 4.32. The number of nitrogens with two attached hydrogens (primary N) is 1. The Morgan fingerprint density at radius 1 is 1.18 bits per heavy atom. The van der Waals surface area contributed by atoms with Gasteiger partial charge in [-0.25, -0.2) is 4.98 Å². The predicted molar refractivity (Wildman–Crippen MR) is 69.9 cm³/mol. The van der Waals surface area contributed by atoms with Gasteiger partial charge < -0.3 is 10.3 Å². The van der Waals surface area contributed by atoms with Gasteiger partial charge in [0.05, 0.1) is 5.69 Å². The van der Waals surface area contributed by atoms with Gasteiger partial charge in [-0.1, -0.05) is 32.1 Å². The second-order valence-electron chi connectivity index (χ2n) is 5.80. The summed E-state index contributed by atoms with van der Waals surface area (Å²) in [7, 11) is 0. The predicted octanol–water partition coefficient (Wildman–Crippen LogP) is 3.23. The van der Waals surface area contributed by atoms with E-state index in [1.807, 2.05) is 0 Å². The van der Waals surface area contributed by atoms with Crippen LogP contribution in [0.1, 0.15) is 62.5 Å². The maximum absolute atomic E-state index is 6.26. The Morgan fingerprint density at radius 2 is 1.88 bits per heavy atom. The molecule has 0 aliphatic heterocycles. The van der Waals surface area contributed by atoms with Crippen molar-refractivity contribution in [3.8, 4) is 0 Å². The zero-order valence-corrected chi connectivity index (χ0v) is 10.8. The van der Waals surface area contributed by atoms with E-state index in [2.05, 4.69) is 11.5 Å². The summed E-state index contributed by atoms with van der Waals surface area (Å²) in [6, 6.07) is 0.655. The fourth-order valence-electron chi connectivity index (χ4n) is 3.23. The van der Waals surface area contributed by atoms with Gasteiger partial charge in [-0.2, -0.15) is 0 Å². The van der Waals surface area contributed by atoms with Crippen molar-refractivity contribution in [3.05, 3.63) is 11.5 Å². The minimum Gasteiger partial charge on any atom is -0.384 e. The van der Waals surface area contributed by atoms with Gasteiger partial charge in [-0.05, 0) is 32.1 Å². The number of anilines is 1. The summed E-state index contributed by atoms with van der Waals surface area (Å²) >= 11 is 0. The topological polar surface area (TPSA) is 43.8 Å². The van der Waals surface area contributed by atoms with E-state index in [4.69, 9.17) is 10.7 Å². The second-order valence-corrected chi connectivity index (χ2v) is 5.80. The Kier molecular flexibility index (Phi) is 2.85. The molecule has 1 heterocycles. The molecule has 2 saturated carbocycles. The largest absolute Gasteiger partial charge is 0.384 e. The van der Waals surface area contributed by atoms with Crippen molar-refractivity contribution in [3.63, 3.8) is 0 Å². The molecule has 0 aromatic carbocycles. The molecule has 3 rings (SSSR count). The molecule has 3 heteroatoms. The van der Waals surface area contributed by atoms with E-state index in [1.165, 1.54) is 50.6 Å². The van der Waals surface area contributed by atoms with Crippen molar-refractivity contribution in [1.82, 2.24) is 9.55 Å². The molecule has 2 aliphatic rings. The van der Waals surface area contributed by atoms with Crippen molar-refractivity contribution in [2.24, 2.45) is 5.92 Å². The SMILES string of the molecule is Cc1nc(CC2CCCCC2)c(N)n1C1CC1. The number of nitrogen functional groups attached to an aromatic ring is 1. The molecule has 1 aromatic heterocycles. The molecule has 2 fully saturated rings. The van der Waals surface area contributed by atoms with Crippen LogP contribution in [0.3, 0.4) is 0 Å². The molecule has 2 N–H and O–H groups in total. The molecule has 2 aliphatic carbocycles. The van der Waals surface area contributed by atoms with Gasteiger partial charge in [0.1, 0.15) is 11.6 Å². The van der Waals surface area contributed by atoms with Crippen LogP contribution < -0.4 is 5.73 Å². The maximum atomic E-state index is 6.26. The molecular weight excluding hydrogens is 210 g/mol. The zero-order chi connectivity index (χ0) is 11.8. The lowest BCUT2D eigenvalue weighted by atomic mass is 9.86. The van der Waals surface area contributed by atoms with Crippen LogP contribution in [0.4, 0.5) is 5.82 Å². The van der Waals surface area contributed by atoms with Gasteiger partial charge in [0.15, 0.2) is 0 Å². The summed E-state index contributed by atoms with van der Waals surface area (Å²) in [4.78, 5) is 4.70. The van der Waals surface area contributed by atoms with Crippen molar-refractivity contribution < 1.29 is 0 Å². The van der Waals surface area contributed by atoms with Crippen LogP contribution in [-0.4, -0.2) is 9.55 Å². The quantitative estimate of drug-likeness (QED) is 0.871. The van der Waals surface area contributed by atoms with Gasteiger partial charge in [0, 0.05) is 6.04 Å². The molecule has 0 atom stereocenters. The van der Waals surface area contributed by atoms with Gasteiger partial charge in [-0.3, -0.25) is 0 Å². The van der Waals surface area contributed by atoms with E-state index in [0.717, 1.165) is 24.0 Å². The monoisotopic (exact) mass is 233 g/mol. The molecule has 0 unspecified atom stereocenters. The van der Waals surface area contributed by atoms with E-state index >= 15 is 0 Å². The molecule has 0 bridgehead atoms. The highest BCUT2D eigenvalue weighted by molar-refractivity contribution is 5.39. The van der Waals surface area contributed by atoms with E-state index < -0.39 is 0 Å². The molecular formula is C14H23N3. The highest BCUT2D eigenvalue weighted by Crippen LogP contribution is 2.39. The Labute approximate surface area is 103 Å². The fraction of sp³-hybridized carbons (Fsp3) is 0.786. The first-order valence-corrected chi connectivity index (χ1v) is 7.09. The van der Waals surface area contributed by atoms with Crippen LogP contribution in [0.5, 0.6) is 0 Å². The first-order chi connectivity index (χ1) is 8.25. The lowest BCUT2D eigenvalue weighted by molar-refractivity contribution is 0.355. The first-order valence-electron chi connectivity index (χ1n) is 7.09. The summed E-state index contributed by atoms with van der Waals surface area (Å²) in [5.74, 6) is 2.90. The molecule has 94 valence electrons. The maximum Gasteiger partial charge on any atom is 0.127 e. The average Bonchev–Trinajstić information content (AvgIpc) is 3.10. The Balaban J connectivity index is 1.75. The smallest absolute Gasteiger partial charge is 0.127 e. The van der Waals surface area contributed by atoms with Crippen LogP contribution in [0.15, 0.2) is 0 Å². The number of hydrogen-bond donors (Lipinski definition) is 1. The number of imidazole rings is 1. The van der Waals surface area contributed by atoms with Crippen LogP contribution in [-0.2, 0) is 6.42 Å². The first kappa shape index (κ1) is 11.1. The molecule has 17 heavy (non-hydrogen) atoms. The fourth-order valence-corrected chi connectivity index (χ4v) is 3.23. The Bertz CT molecular complexity index is 398. The van der Waals surface area contributed by atoms with Crippen molar-refractivity contribution in [1.29, 1.82) is 0 Å². The Hall–Kier alpha value is -0.990. The Morgan fingerprint density at radius 3 is 2.53 bits per heavy atom. The van der Waals surface area contributed by atoms with E-state index in [9.17, 15) is 0 Å². The lowest BCUT2D eigenvalue weighted by Gasteiger charge is -2.20. The standard InChI is InChI=1S/C14H23N3/c1-10-16-13(9-11-5-3-2-4-6-11)14(15)17(10)12-7-8-12/h11-12H,2-9,15H2,1H3. The number of aromatic nitrogens is 2. The van der Waals surface area contributed by atoms with E-state index in [0.29, 0.717) is 6.04 Å². The summed E-state index contributed by atoms with van der Waals surface area (Å²) < 4.78 is 2.26. The molecule has 0 radical (unpaired) electrons. The highest BCUT2D eigenvalue weighted by atomic mass is 15.2. The normalized spacial score (nSPS) is 21.9. The number of rotatable bonds is 3. The summed E-state index contributed by atoms with van der Waals surface area (Å²) in [5.41, 5.74) is 7.43. The van der Waals surface area contributed by atoms with Crippen LogP contribution in [0.2, 0.25) is 0 Å². The highest BCUT2D eigenvalue weighted by Gasteiger charge is 2.29. The number of hydrogen-bond acceptors (Lipinski definition) is 2. The molecule has 0 saturated heterocycles. The average molecular weight is 233 g/mol.